The van der Waals surface area contributed by atoms with Crippen molar-refractivity contribution in [2.75, 3.05) is 12.3 Å². The molecule has 0 radical (unpaired) electrons. The van der Waals surface area contributed by atoms with E-state index in [1.807, 2.05) is 13.0 Å². The molecule has 3 nitrogen and oxygen atoms in total. The summed E-state index contributed by atoms with van der Waals surface area (Å²) in [7, 11) is 0. The molecule has 0 fully saturated rings. The number of nitrogen functional groups attached to an aromatic ring is 1. The lowest BCUT2D eigenvalue weighted by molar-refractivity contribution is 0.121. The Morgan fingerprint density at radius 3 is 3.00 bits per heavy atom. The quantitative estimate of drug-likeness (QED) is 0.720. The minimum absolute atomic E-state index is 0.564. The molecule has 3 heteroatoms. The van der Waals surface area contributed by atoms with Gasteiger partial charge in [-0.2, -0.15) is 0 Å². The second kappa shape index (κ2) is 4.82. The van der Waals surface area contributed by atoms with Gasteiger partial charge in [-0.15, -0.1) is 0 Å². The summed E-state index contributed by atoms with van der Waals surface area (Å²) in [5.74, 6) is 0.571. The second-order valence-electron chi connectivity index (χ2n) is 3.11. The molecule has 0 saturated heterocycles. The van der Waals surface area contributed by atoms with Crippen LogP contribution in [0.15, 0.2) is 12.3 Å². The Kier molecular flexibility index (Phi) is 3.71. The summed E-state index contributed by atoms with van der Waals surface area (Å²) >= 11 is 0. The first kappa shape index (κ1) is 9.99. The van der Waals surface area contributed by atoms with Gasteiger partial charge in [-0.1, -0.05) is 6.92 Å². The predicted octanol–water partition coefficient (Wildman–Crippen LogP) is 1.90. The van der Waals surface area contributed by atoms with E-state index in [9.17, 15) is 0 Å². The van der Waals surface area contributed by atoms with Gasteiger partial charge < -0.3 is 10.5 Å². The number of aromatic nitrogens is 1. The van der Waals surface area contributed by atoms with Crippen molar-refractivity contribution in [1.29, 1.82) is 0 Å². The van der Waals surface area contributed by atoms with Gasteiger partial charge >= 0.3 is 0 Å². The van der Waals surface area contributed by atoms with E-state index in [1.165, 1.54) is 0 Å². The van der Waals surface area contributed by atoms with Crippen molar-refractivity contribution >= 4 is 5.82 Å². The molecule has 1 rings (SSSR count). The van der Waals surface area contributed by atoms with E-state index in [0.717, 1.165) is 24.2 Å². The van der Waals surface area contributed by atoms with E-state index in [0.29, 0.717) is 12.4 Å². The lowest BCUT2D eigenvalue weighted by atomic mass is 10.2. The van der Waals surface area contributed by atoms with Crippen LogP contribution in [0, 0.1) is 6.92 Å². The molecule has 0 aliphatic carbocycles. The SMILES string of the molecule is CCCOCc1cc(C)cnc1N. The average Bonchev–Trinajstić information content (AvgIpc) is 2.11. The third-order valence-electron chi connectivity index (χ3n) is 1.74. The number of aryl methyl sites for hydroxylation is 1. The number of nitrogens with two attached hydrogens (primary N) is 1. The van der Waals surface area contributed by atoms with Gasteiger partial charge in [0.2, 0.25) is 0 Å². The number of rotatable bonds is 4. The molecule has 1 aromatic rings. The van der Waals surface area contributed by atoms with Crippen LogP contribution in [-0.4, -0.2) is 11.6 Å². The first-order chi connectivity index (χ1) is 6.24. The molecule has 0 bridgehead atoms. The molecular weight excluding hydrogens is 164 g/mol. The minimum atomic E-state index is 0.564. The van der Waals surface area contributed by atoms with E-state index >= 15 is 0 Å². The van der Waals surface area contributed by atoms with Gasteiger partial charge in [0.25, 0.3) is 0 Å². The van der Waals surface area contributed by atoms with Crippen molar-refractivity contribution in [1.82, 2.24) is 4.98 Å². The lowest BCUT2D eigenvalue weighted by Crippen LogP contribution is -2.01. The number of ether oxygens (including phenoxy) is 1. The molecular formula is C10H16N2O. The van der Waals surface area contributed by atoms with Gasteiger partial charge in [-0.05, 0) is 25.0 Å². The van der Waals surface area contributed by atoms with Crippen LogP contribution in [0.3, 0.4) is 0 Å². The van der Waals surface area contributed by atoms with Gasteiger partial charge in [-0.25, -0.2) is 4.98 Å². The van der Waals surface area contributed by atoms with Crippen LogP contribution in [0.25, 0.3) is 0 Å². The largest absolute Gasteiger partial charge is 0.383 e. The molecule has 0 aromatic carbocycles. The monoisotopic (exact) mass is 180 g/mol. The minimum Gasteiger partial charge on any atom is -0.383 e. The van der Waals surface area contributed by atoms with E-state index in [1.54, 1.807) is 6.20 Å². The first-order valence-corrected chi connectivity index (χ1v) is 4.52. The average molecular weight is 180 g/mol. The second-order valence-corrected chi connectivity index (χ2v) is 3.11. The zero-order valence-electron chi connectivity index (χ0n) is 8.21. The molecule has 13 heavy (non-hydrogen) atoms. The molecule has 2 N–H and O–H groups in total. The number of pyridine rings is 1. The van der Waals surface area contributed by atoms with Crippen molar-refractivity contribution in [3.8, 4) is 0 Å². The van der Waals surface area contributed by atoms with Gasteiger partial charge in [0, 0.05) is 18.4 Å². The van der Waals surface area contributed by atoms with Gasteiger partial charge in [0.15, 0.2) is 0 Å². The van der Waals surface area contributed by atoms with E-state index in [4.69, 9.17) is 10.5 Å². The summed E-state index contributed by atoms with van der Waals surface area (Å²) in [6.45, 7) is 5.41. The Bertz CT molecular complexity index is 274. The van der Waals surface area contributed by atoms with Gasteiger partial charge in [-0.3, -0.25) is 0 Å². The highest BCUT2D eigenvalue weighted by molar-refractivity contribution is 5.40. The Labute approximate surface area is 78.9 Å². The lowest BCUT2D eigenvalue weighted by Gasteiger charge is -2.05. The zero-order chi connectivity index (χ0) is 9.68. The molecule has 0 atom stereocenters. The van der Waals surface area contributed by atoms with E-state index in [2.05, 4.69) is 11.9 Å². The zero-order valence-corrected chi connectivity index (χ0v) is 8.21. The summed E-state index contributed by atoms with van der Waals surface area (Å²) in [5.41, 5.74) is 7.78. The highest BCUT2D eigenvalue weighted by Crippen LogP contribution is 2.11. The summed E-state index contributed by atoms with van der Waals surface area (Å²) in [5, 5.41) is 0. The smallest absolute Gasteiger partial charge is 0.128 e. The van der Waals surface area contributed by atoms with Crippen molar-refractivity contribution in [2.24, 2.45) is 0 Å². The first-order valence-electron chi connectivity index (χ1n) is 4.52. The van der Waals surface area contributed by atoms with Crippen LogP contribution in [0.2, 0.25) is 0 Å². The summed E-state index contributed by atoms with van der Waals surface area (Å²) in [4.78, 5) is 4.06. The Morgan fingerprint density at radius 2 is 2.31 bits per heavy atom. The molecule has 0 aliphatic rings. The van der Waals surface area contributed by atoms with E-state index in [-0.39, 0.29) is 0 Å². The number of nitrogens with zero attached hydrogens (tertiary/aromatic N) is 1. The van der Waals surface area contributed by atoms with Crippen molar-refractivity contribution in [2.45, 2.75) is 26.9 Å². The molecule has 0 unspecified atom stereocenters. The molecule has 0 spiro atoms. The maximum absolute atomic E-state index is 5.68. The van der Waals surface area contributed by atoms with Gasteiger partial charge in [0.05, 0.1) is 6.61 Å². The van der Waals surface area contributed by atoms with Crippen LogP contribution < -0.4 is 5.73 Å². The standard InChI is InChI=1S/C10H16N2O/c1-3-4-13-7-9-5-8(2)6-12-10(9)11/h5-6H,3-4,7H2,1-2H3,(H2,11,12). The molecule has 0 saturated carbocycles. The van der Waals surface area contributed by atoms with Crippen LogP contribution in [-0.2, 0) is 11.3 Å². The Balaban J connectivity index is 2.59. The summed E-state index contributed by atoms with van der Waals surface area (Å²) in [6.07, 6.45) is 2.79. The number of hydrogen-bond acceptors (Lipinski definition) is 3. The Hall–Kier alpha value is -1.09. The fourth-order valence-electron chi connectivity index (χ4n) is 1.08. The highest BCUT2D eigenvalue weighted by atomic mass is 16.5. The normalized spacial score (nSPS) is 10.3. The molecule has 72 valence electrons. The van der Waals surface area contributed by atoms with Crippen molar-refractivity contribution in [3.63, 3.8) is 0 Å². The topological polar surface area (TPSA) is 48.1 Å². The summed E-state index contributed by atoms with van der Waals surface area (Å²) in [6, 6.07) is 2.01. The van der Waals surface area contributed by atoms with Crippen LogP contribution >= 0.6 is 0 Å². The third-order valence-corrected chi connectivity index (χ3v) is 1.74. The number of anilines is 1. The van der Waals surface area contributed by atoms with Crippen LogP contribution in [0.4, 0.5) is 5.82 Å². The highest BCUT2D eigenvalue weighted by Gasteiger charge is 2.00. The third kappa shape index (κ3) is 3.03. The van der Waals surface area contributed by atoms with E-state index < -0.39 is 0 Å². The molecule has 0 aliphatic heterocycles. The predicted molar refractivity (Wildman–Crippen MR) is 53.3 cm³/mol. The Morgan fingerprint density at radius 1 is 1.54 bits per heavy atom. The summed E-state index contributed by atoms with van der Waals surface area (Å²) < 4.78 is 5.38. The maximum Gasteiger partial charge on any atom is 0.128 e. The fraction of sp³-hybridized carbons (Fsp3) is 0.500. The van der Waals surface area contributed by atoms with Crippen molar-refractivity contribution in [3.05, 3.63) is 23.4 Å². The fourth-order valence-corrected chi connectivity index (χ4v) is 1.08. The molecule has 1 heterocycles. The molecule has 1 aromatic heterocycles. The number of hydrogen-bond donors (Lipinski definition) is 1. The van der Waals surface area contributed by atoms with Crippen molar-refractivity contribution < 1.29 is 4.74 Å². The van der Waals surface area contributed by atoms with Crippen LogP contribution in [0.5, 0.6) is 0 Å². The molecule has 0 amide bonds. The maximum atomic E-state index is 5.68. The van der Waals surface area contributed by atoms with Gasteiger partial charge in [0.1, 0.15) is 5.82 Å². The van der Waals surface area contributed by atoms with Crippen LogP contribution in [0.1, 0.15) is 24.5 Å².